The third kappa shape index (κ3) is 6.61. The molecule has 2 N–H and O–H groups in total. The Hall–Kier alpha value is -3.12. The molecule has 11 heteroatoms. The molecule has 0 fully saturated rings. The van der Waals surface area contributed by atoms with E-state index in [9.17, 15) is 18.0 Å². The van der Waals surface area contributed by atoms with E-state index >= 15 is 0 Å². The lowest BCUT2D eigenvalue weighted by Gasteiger charge is -2.14. The predicted octanol–water partition coefficient (Wildman–Crippen LogP) is 5.07. The minimum atomic E-state index is -3.78. The number of rotatable bonds is 11. The van der Waals surface area contributed by atoms with Gasteiger partial charge in [-0.2, -0.15) is 0 Å². The molecule has 3 aromatic rings. The molecule has 1 heterocycles. The molecule has 0 unspecified atom stereocenters. The Morgan fingerprint density at radius 3 is 2.35 bits per heavy atom. The molecule has 37 heavy (non-hydrogen) atoms. The van der Waals surface area contributed by atoms with Gasteiger partial charge < -0.3 is 10.1 Å². The number of hydrogen-bond donors (Lipinski definition) is 2. The highest BCUT2D eigenvalue weighted by Crippen LogP contribution is 2.37. The van der Waals surface area contributed by atoms with Crippen molar-refractivity contribution in [2.24, 2.45) is 0 Å². The van der Waals surface area contributed by atoms with Gasteiger partial charge >= 0.3 is 0 Å². The minimum Gasteiger partial charge on any atom is -0.385 e. The fourth-order valence-corrected chi connectivity index (χ4v) is 5.90. The number of anilines is 2. The Balaban J connectivity index is 1.61. The van der Waals surface area contributed by atoms with Gasteiger partial charge in [0.15, 0.2) is 0 Å². The average Bonchev–Trinajstić information content (AvgIpc) is 3.10. The van der Waals surface area contributed by atoms with Crippen molar-refractivity contribution in [3.8, 4) is 0 Å². The Kier molecular flexibility index (Phi) is 8.70. The number of imide groups is 1. The molecule has 0 spiro atoms. The van der Waals surface area contributed by atoms with E-state index in [0.29, 0.717) is 29.3 Å². The molecule has 0 aromatic heterocycles. The second-order valence-electron chi connectivity index (χ2n) is 7.99. The monoisotopic (exact) mass is 601 g/mol. The van der Waals surface area contributed by atoms with Crippen LogP contribution in [0.1, 0.15) is 6.42 Å². The van der Waals surface area contributed by atoms with Crippen molar-refractivity contribution >= 4 is 60.9 Å². The minimum absolute atomic E-state index is 0.139. The molecule has 0 saturated heterocycles. The molecule has 4 rings (SSSR count). The summed E-state index contributed by atoms with van der Waals surface area (Å²) in [6.07, 6.45) is 0.508. The lowest BCUT2D eigenvalue weighted by molar-refractivity contribution is -0.137. The van der Waals surface area contributed by atoms with Crippen LogP contribution in [0.3, 0.4) is 0 Å². The zero-order chi connectivity index (χ0) is 26.4. The van der Waals surface area contributed by atoms with Crippen molar-refractivity contribution in [2.45, 2.75) is 16.2 Å². The summed E-state index contributed by atoms with van der Waals surface area (Å²) in [6.45, 7) is 0.636. The van der Waals surface area contributed by atoms with E-state index in [2.05, 4.69) is 26.0 Å². The number of amides is 2. The molecule has 8 nitrogen and oxygen atoms in total. The maximum atomic E-state index is 13.3. The topological polar surface area (TPSA) is 105 Å². The standard InChI is InChI=1S/C26H24BrN3O5S2/c1-35-16-6-15-30-25(31)23(28-19-13-11-18(27)12-14-19)24(26(30)32)36-21-8-5-7-20(17-21)29-37(33,34)22-9-3-2-4-10-22/h2-5,7-14,17,28-29H,6,15-16H2,1H3. The highest BCUT2D eigenvalue weighted by molar-refractivity contribution is 9.10. The number of benzene rings is 3. The highest BCUT2D eigenvalue weighted by Gasteiger charge is 2.38. The Bertz CT molecular complexity index is 1430. The summed E-state index contributed by atoms with van der Waals surface area (Å²) in [5.74, 6) is -0.839. The van der Waals surface area contributed by atoms with Crippen LogP contribution in [0, 0.1) is 0 Å². The summed E-state index contributed by atoms with van der Waals surface area (Å²) in [6, 6.07) is 22.0. The summed E-state index contributed by atoms with van der Waals surface area (Å²) in [7, 11) is -2.22. The Morgan fingerprint density at radius 2 is 1.65 bits per heavy atom. The zero-order valence-corrected chi connectivity index (χ0v) is 23.0. The molecule has 0 aliphatic carbocycles. The van der Waals surface area contributed by atoms with Crippen LogP contribution in [0.5, 0.6) is 0 Å². The molecule has 0 bridgehead atoms. The van der Waals surface area contributed by atoms with Gasteiger partial charge in [0, 0.05) is 41.0 Å². The van der Waals surface area contributed by atoms with Gasteiger partial charge in [-0.15, -0.1) is 0 Å². The van der Waals surface area contributed by atoms with E-state index in [-0.39, 0.29) is 22.0 Å². The summed E-state index contributed by atoms with van der Waals surface area (Å²) in [4.78, 5) is 28.7. The van der Waals surface area contributed by atoms with Crippen LogP contribution < -0.4 is 10.0 Å². The first-order valence-corrected chi connectivity index (χ1v) is 14.4. The Morgan fingerprint density at radius 1 is 0.919 bits per heavy atom. The van der Waals surface area contributed by atoms with E-state index in [4.69, 9.17) is 4.74 Å². The van der Waals surface area contributed by atoms with Gasteiger partial charge in [-0.1, -0.05) is 52.0 Å². The summed E-state index contributed by atoms with van der Waals surface area (Å²) in [5.41, 5.74) is 1.16. The first-order valence-electron chi connectivity index (χ1n) is 11.3. The predicted molar refractivity (Wildman–Crippen MR) is 148 cm³/mol. The van der Waals surface area contributed by atoms with Crippen LogP contribution in [-0.2, 0) is 24.3 Å². The van der Waals surface area contributed by atoms with E-state index in [1.807, 2.05) is 12.1 Å². The van der Waals surface area contributed by atoms with Gasteiger partial charge in [-0.05, 0) is 61.0 Å². The number of nitrogens with zero attached hydrogens (tertiary/aromatic N) is 1. The number of sulfonamides is 1. The van der Waals surface area contributed by atoms with Crippen molar-refractivity contribution in [1.29, 1.82) is 0 Å². The molecule has 0 saturated carbocycles. The van der Waals surface area contributed by atoms with Crippen LogP contribution >= 0.6 is 27.7 Å². The maximum absolute atomic E-state index is 13.3. The molecule has 0 radical (unpaired) electrons. The third-order valence-electron chi connectivity index (χ3n) is 5.33. The maximum Gasteiger partial charge on any atom is 0.278 e. The van der Waals surface area contributed by atoms with Crippen molar-refractivity contribution in [3.63, 3.8) is 0 Å². The van der Waals surface area contributed by atoms with Crippen LogP contribution in [0.15, 0.2) is 104 Å². The molecule has 3 aromatic carbocycles. The average molecular weight is 603 g/mol. The number of hydrogen-bond acceptors (Lipinski definition) is 7. The summed E-state index contributed by atoms with van der Waals surface area (Å²) >= 11 is 4.49. The normalized spacial score (nSPS) is 13.8. The van der Waals surface area contributed by atoms with E-state index in [1.165, 1.54) is 17.0 Å². The van der Waals surface area contributed by atoms with Gasteiger partial charge in [0.2, 0.25) is 0 Å². The van der Waals surface area contributed by atoms with Gasteiger partial charge in [-0.25, -0.2) is 8.42 Å². The second-order valence-corrected chi connectivity index (χ2v) is 11.7. The summed E-state index contributed by atoms with van der Waals surface area (Å²) < 4.78 is 34.0. The van der Waals surface area contributed by atoms with Crippen LogP contribution in [0.2, 0.25) is 0 Å². The van der Waals surface area contributed by atoms with Crippen molar-refractivity contribution in [2.75, 3.05) is 30.3 Å². The Labute approximate surface area is 228 Å². The van der Waals surface area contributed by atoms with Gasteiger partial charge in [0.05, 0.1) is 4.90 Å². The number of ether oxygens (including phenoxy) is 1. The van der Waals surface area contributed by atoms with Gasteiger partial charge in [-0.3, -0.25) is 19.2 Å². The first kappa shape index (κ1) is 26.9. The van der Waals surface area contributed by atoms with Gasteiger partial charge in [0.1, 0.15) is 10.6 Å². The van der Waals surface area contributed by atoms with Gasteiger partial charge in [0.25, 0.3) is 21.8 Å². The molecule has 0 atom stereocenters. The number of carbonyl (C=O) groups excluding carboxylic acids is 2. The van der Waals surface area contributed by atoms with E-state index in [0.717, 1.165) is 16.2 Å². The summed E-state index contributed by atoms with van der Waals surface area (Å²) in [5, 5.41) is 3.10. The molecule has 1 aliphatic heterocycles. The first-order chi connectivity index (χ1) is 17.8. The van der Waals surface area contributed by atoms with Crippen molar-refractivity contribution in [3.05, 3.63) is 93.9 Å². The SMILES string of the molecule is COCCCN1C(=O)C(Nc2ccc(Br)cc2)=C(Sc2cccc(NS(=O)(=O)c3ccccc3)c2)C1=O. The number of carbonyl (C=O) groups is 2. The van der Waals surface area contributed by atoms with Crippen LogP contribution in [0.4, 0.5) is 11.4 Å². The van der Waals surface area contributed by atoms with Crippen molar-refractivity contribution in [1.82, 2.24) is 4.90 Å². The zero-order valence-electron chi connectivity index (χ0n) is 19.8. The molecule has 192 valence electrons. The van der Waals surface area contributed by atoms with E-state index in [1.54, 1.807) is 61.7 Å². The van der Waals surface area contributed by atoms with Crippen LogP contribution in [0.25, 0.3) is 0 Å². The quantitative estimate of drug-likeness (QED) is 0.233. The fourth-order valence-electron chi connectivity index (χ4n) is 3.56. The molecule has 1 aliphatic rings. The number of thioether (sulfide) groups is 1. The second kappa shape index (κ2) is 12.0. The highest BCUT2D eigenvalue weighted by atomic mass is 79.9. The van der Waals surface area contributed by atoms with Crippen LogP contribution in [-0.4, -0.2) is 45.4 Å². The smallest absolute Gasteiger partial charge is 0.278 e. The molecule has 2 amide bonds. The number of nitrogens with one attached hydrogen (secondary N) is 2. The fraction of sp³-hybridized carbons (Fsp3) is 0.154. The lowest BCUT2D eigenvalue weighted by atomic mass is 10.3. The third-order valence-corrected chi connectivity index (χ3v) is 8.33. The number of methoxy groups -OCH3 is 1. The molecular weight excluding hydrogens is 578 g/mol. The largest absolute Gasteiger partial charge is 0.385 e. The van der Waals surface area contributed by atoms with Crippen molar-refractivity contribution < 1.29 is 22.7 Å². The lowest BCUT2D eigenvalue weighted by Crippen LogP contribution is -2.33. The number of halogens is 1. The van der Waals surface area contributed by atoms with E-state index < -0.39 is 21.8 Å². The molecular formula is C26H24BrN3O5S2.